The number of carbonyl (C=O) groups is 1. The smallest absolute Gasteiger partial charge is 0.276 e. The first-order valence-corrected chi connectivity index (χ1v) is 14.3. The molecule has 0 aliphatic rings. The van der Waals surface area contributed by atoms with E-state index in [1.807, 2.05) is 0 Å². The van der Waals surface area contributed by atoms with Crippen molar-refractivity contribution in [3.05, 3.63) is 109 Å². The van der Waals surface area contributed by atoms with Crippen molar-refractivity contribution in [3.63, 3.8) is 0 Å². The Morgan fingerprint density at radius 3 is 1.60 bits per heavy atom. The number of nitrogens with two attached hydrogens (primary N) is 4. The molecule has 13 N–H and O–H groups in total. The Morgan fingerprint density at radius 2 is 1.12 bits per heavy atom. The normalized spacial score (nSPS) is 9.96. The summed E-state index contributed by atoms with van der Waals surface area (Å²) < 4.78 is 10.7. The number of H-pyrrole nitrogens is 3. The molecule has 0 unspecified atom stereocenters. The summed E-state index contributed by atoms with van der Waals surface area (Å²) in [6, 6.07) is 13.6. The molecule has 18 nitrogen and oxygen atoms in total. The number of hydrogen-bond acceptors (Lipinski definition) is 14. The molecule has 0 saturated carbocycles. The summed E-state index contributed by atoms with van der Waals surface area (Å²) in [5.74, 6) is 0.838. The van der Waals surface area contributed by atoms with Crippen molar-refractivity contribution in [1.82, 2.24) is 29.9 Å². The number of anilines is 6. The number of carbonyl (C=O) groups excluding carboxylic acids is 1. The average Bonchev–Trinajstić information content (AvgIpc) is 3.06. The summed E-state index contributed by atoms with van der Waals surface area (Å²) in [7, 11) is 0. The van der Waals surface area contributed by atoms with E-state index in [1.54, 1.807) is 48.5 Å². The van der Waals surface area contributed by atoms with E-state index in [0.29, 0.717) is 34.7 Å². The van der Waals surface area contributed by atoms with Gasteiger partial charge >= 0.3 is 0 Å². The van der Waals surface area contributed by atoms with Gasteiger partial charge in [-0.15, -0.1) is 0 Å². The molecule has 3 heterocycles. The predicted octanol–water partition coefficient (Wildman–Crippen LogP) is 1.45. The second kappa shape index (κ2) is 18.0. The van der Waals surface area contributed by atoms with Crippen LogP contribution < -0.4 is 59.7 Å². The van der Waals surface area contributed by atoms with Gasteiger partial charge < -0.3 is 58.0 Å². The van der Waals surface area contributed by atoms with Gasteiger partial charge in [0.25, 0.3) is 22.6 Å². The van der Waals surface area contributed by atoms with E-state index in [2.05, 4.69) is 40.5 Å². The molecule has 0 radical (unpaired) electrons. The third kappa shape index (κ3) is 11.6. The highest BCUT2D eigenvalue weighted by Crippen LogP contribution is 2.16. The Labute approximate surface area is 280 Å². The van der Waals surface area contributed by atoms with Crippen LogP contribution >= 0.6 is 23.2 Å². The highest BCUT2D eigenvalue weighted by atomic mass is 35.5. The second-order valence-corrected chi connectivity index (χ2v) is 9.91. The molecule has 3 aromatic heterocycles. The van der Waals surface area contributed by atoms with Crippen molar-refractivity contribution in [2.24, 2.45) is 0 Å². The van der Waals surface area contributed by atoms with E-state index in [1.165, 1.54) is 12.7 Å². The minimum Gasteiger partial charge on any atom is -0.492 e. The van der Waals surface area contributed by atoms with Crippen LogP contribution in [0.25, 0.3) is 0 Å². The van der Waals surface area contributed by atoms with Crippen molar-refractivity contribution < 1.29 is 14.3 Å². The Morgan fingerprint density at radius 1 is 0.667 bits per heavy atom. The number of rotatable bonds is 9. The summed E-state index contributed by atoms with van der Waals surface area (Å²) in [5, 5.41) is 6.44. The number of nitrogens with zero attached hydrogens (tertiary/aromatic N) is 3. The standard InChI is InChI=1S/C12H11ClN4O3.C12H13ClN4O2.C4H6N4O/c13-7-1-3-8(4-2-7)20-5-9(18)17-10-11(14)15-6-16-12(10)19;13-8-1-3-9(4-2-8)19-6-5-15-10-11(14)16-7-17-12(10)18;5-2-3(6)7-1-8-4(2)9/h1-4,6H,5H2,(H,17,18)(H3,14,15,16,19);1-4,7,15H,5-6H2,(H3,14,16,17,18);1H,5H2,(H3,6,7,8,9). The van der Waals surface area contributed by atoms with Crippen LogP contribution in [0.3, 0.4) is 0 Å². The number of hydrogen-bond donors (Lipinski definition) is 9. The molecule has 20 heteroatoms. The van der Waals surface area contributed by atoms with Gasteiger partial charge in [0.2, 0.25) is 0 Å². The van der Waals surface area contributed by atoms with Gasteiger partial charge in [0.1, 0.15) is 35.2 Å². The molecule has 252 valence electrons. The van der Waals surface area contributed by atoms with Crippen LogP contribution in [0.2, 0.25) is 10.0 Å². The fourth-order valence-corrected chi connectivity index (χ4v) is 3.53. The second-order valence-electron chi connectivity index (χ2n) is 9.03. The van der Waals surface area contributed by atoms with Gasteiger partial charge in [0.15, 0.2) is 24.1 Å². The molecule has 0 aliphatic carbocycles. The SMILES string of the molecule is Nc1nc[nH]c(=O)c1N.Nc1nc[nH]c(=O)c1NC(=O)COc1ccc(Cl)cc1.Nc1nc[nH]c(=O)c1NCCOc1ccc(Cl)cc1. The summed E-state index contributed by atoms with van der Waals surface area (Å²) >= 11 is 11.5. The molecule has 5 aromatic rings. The maximum Gasteiger partial charge on any atom is 0.276 e. The van der Waals surface area contributed by atoms with Crippen LogP contribution in [-0.2, 0) is 4.79 Å². The lowest BCUT2D eigenvalue weighted by Crippen LogP contribution is -2.26. The van der Waals surface area contributed by atoms with Crippen molar-refractivity contribution in [2.45, 2.75) is 0 Å². The van der Waals surface area contributed by atoms with E-state index in [4.69, 9.17) is 55.6 Å². The van der Waals surface area contributed by atoms with E-state index in [-0.39, 0.29) is 46.7 Å². The zero-order chi connectivity index (χ0) is 35.1. The van der Waals surface area contributed by atoms with Crippen molar-refractivity contribution in [2.75, 3.05) is 53.3 Å². The van der Waals surface area contributed by atoms with Crippen molar-refractivity contribution in [1.29, 1.82) is 0 Å². The van der Waals surface area contributed by atoms with Gasteiger partial charge in [-0.1, -0.05) is 23.2 Å². The lowest BCUT2D eigenvalue weighted by atomic mass is 10.3. The number of nitrogens with one attached hydrogen (secondary N) is 5. The molecular formula is C28H30Cl2N12O6. The van der Waals surface area contributed by atoms with E-state index < -0.39 is 17.0 Å². The number of aromatic amines is 3. The monoisotopic (exact) mass is 700 g/mol. The van der Waals surface area contributed by atoms with Crippen molar-refractivity contribution >= 4 is 63.6 Å². The summed E-state index contributed by atoms with van der Waals surface area (Å²) in [4.78, 5) is 63.1. The van der Waals surface area contributed by atoms with Gasteiger partial charge in [-0.2, -0.15) is 0 Å². The third-order valence-corrected chi connectivity index (χ3v) is 6.12. The Hall–Kier alpha value is -6.27. The Bertz CT molecular complexity index is 1970. The first kappa shape index (κ1) is 36.2. The van der Waals surface area contributed by atoms with Crippen LogP contribution in [0.4, 0.5) is 34.5 Å². The minimum atomic E-state index is -0.530. The van der Waals surface area contributed by atoms with Crippen LogP contribution in [-0.4, -0.2) is 55.6 Å². The number of nitrogen functional groups attached to an aromatic ring is 4. The quantitative estimate of drug-likeness (QED) is 0.0983. The Balaban J connectivity index is 0.000000209. The van der Waals surface area contributed by atoms with Crippen molar-refractivity contribution in [3.8, 4) is 11.5 Å². The van der Waals surface area contributed by atoms with Gasteiger partial charge in [-0.3, -0.25) is 19.2 Å². The molecular weight excluding hydrogens is 671 g/mol. The molecule has 0 bridgehead atoms. The Kier molecular flexibility index (Phi) is 13.6. The predicted molar refractivity (Wildman–Crippen MR) is 183 cm³/mol. The zero-order valence-corrected chi connectivity index (χ0v) is 26.3. The molecule has 0 fully saturated rings. The zero-order valence-electron chi connectivity index (χ0n) is 24.8. The topological polar surface area (TPSA) is 301 Å². The fraction of sp³-hybridized carbons (Fsp3) is 0.107. The number of halogens is 2. The summed E-state index contributed by atoms with van der Waals surface area (Å²) in [6.07, 6.45) is 3.61. The molecule has 0 atom stereocenters. The molecule has 0 aliphatic heterocycles. The van der Waals surface area contributed by atoms with Crippen LogP contribution in [0.1, 0.15) is 0 Å². The molecule has 1 amide bonds. The summed E-state index contributed by atoms with van der Waals surface area (Å²) in [6.45, 7) is 0.548. The molecule has 0 saturated heterocycles. The van der Waals surface area contributed by atoms with Gasteiger partial charge in [-0.05, 0) is 48.5 Å². The maximum atomic E-state index is 11.7. The van der Waals surface area contributed by atoms with Crippen LogP contribution in [0.15, 0.2) is 81.9 Å². The molecule has 5 rings (SSSR count). The molecule has 0 spiro atoms. The van der Waals surface area contributed by atoms with E-state index in [9.17, 15) is 19.2 Å². The summed E-state index contributed by atoms with van der Waals surface area (Å²) in [5.41, 5.74) is 20.3. The van der Waals surface area contributed by atoms with Crippen LogP contribution in [0.5, 0.6) is 11.5 Å². The van der Waals surface area contributed by atoms with Gasteiger partial charge in [-0.25, -0.2) is 15.0 Å². The third-order valence-electron chi connectivity index (χ3n) is 5.62. The number of benzene rings is 2. The molecule has 2 aromatic carbocycles. The number of ether oxygens (including phenoxy) is 2. The largest absolute Gasteiger partial charge is 0.492 e. The lowest BCUT2D eigenvalue weighted by Gasteiger charge is -2.09. The fourth-order valence-electron chi connectivity index (χ4n) is 3.27. The van der Waals surface area contributed by atoms with Gasteiger partial charge in [0.05, 0.1) is 19.0 Å². The van der Waals surface area contributed by atoms with E-state index in [0.717, 1.165) is 6.33 Å². The van der Waals surface area contributed by atoms with Gasteiger partial charge in [0, 0.05) is 16.6 Å². The number of aromatic nitrogens is 6. The first-order valence-electron chi connectivity index (χ1n) is 13.5. The maximum absolute atomic E-state index is 11.7. The highest BCUT2D eigenvalue weighted by Gasteiger charge is 2.10. The highest BCUT2D eigenvalue weighted by molar-refractivity contribution is 6.30. The molecule has 48 heavy (non-hydrogen) atoms. The minimum absolute atomic E-state index is 0.0301. The van der Waals surface area contributed by atoms with Crippen LogP contribution in [0, 0.1) is 0 Å². The number of amides is 1. The van der Waals surface area contributed by atoms with E-state index >= 15 is 0 Å². The first-order chi connectivity index (χ1) is 22.9. The lowest BCUT2D eigenvalue weighted by molar-refractivity contribution is -0.118. The average molecular weight is 702 g/mol.